The van der Waals surface area contributed by atoms with Crippen molar-refractivity contribution in [2.24, 2.45) is 22.1 Å². The molecule has 0 unspecified atom stereocenters. The number of azo groups is 1. The van der Waals surface area contributed by atoms with Crippen LogP contribution in [0.3, 0.4) is 0 Å². The number of para-hydroxylation sites is 1. The van der Waals surface area contributed by atoms with E-state index in [0.717, 1.165) is 35.2 Å². The number of benzene rings is 2. The summed E-state index contributed by atoms with van der Waals surface area (Å²) in [5.74, 6) is 1.42. The van der Waals surface area contributed by atoms with Crippen molar-refractivity contribution in [3.63, 3.8) is 0 Å². The highest BCUT2D eigenvalue weighted by molar-refractivity contribution is 7.80. The number of aromatic hydroxyl groups is 1. The predicted octanol–water partition coefficient (Wildman–Crippen LogP) is 6.38. The zero-order valence-electron chi connectivity index (χ0n) is 19.2. The molecule has 0 amide bonds. The minimum Gasteiger partial charge on any atom is -0.493 e. The number of aromatic nitrogens is 1. The van der Waals surface area contributed by atoms with Crippen LogP contribution in [0.4, 0.5) is 11.4 Å². The number of anilines is 1. The Kier molecular flexibility index (Phi) is 6.58. The van der Waals surface area contributed by atoms with Crippen molar-refractivity contribution in [2.45, 2.75) is 40.8 Å². The number of nitrogens with one attached hydrogen (secondary N) is 1. The number of fused-ring (bicyclic) bond motifs is 1. The van der Waals surface area contributed by atoms with Gasteiger partial charge in [0.15, 0.2) is 5.69 Å². The SMILES string of the molecule is Cc1cccc(NC(=S)N=Nc2c(O)n(CN3C[C@H](C)C[C@H](C)C3)c3ccccc23)c1C. The van der Waals surface area contributed by atoms with Crippen LogP contribution in [0.15, 0.2) is 52.7 Å². The summed E-state index contributed by atoms with van der Waals surface area (Å²) in [6.45, 7) is 11.4. The Hall–Kier alpha value is -2.77. The lowest BCUT2D eigenvalue weighted by atomic mass is 9.92. The molecule has 0 saturated carbocycles. The van der Waals surface area contributed by atoms with E-state index >= 15 is 0 Å². The van der Waals surface area contributed by atoms with Gasteiger partial charge in [0, 0.05) is 24.2 Å². The number of rotatable bonds is 4. The normalized spacial score (nSPS) is 19.6. The van der Waals surface area contributed by atoms with Crippen LogP contribution in [0.2, 0.25) is 0 Å². The van der Waals surface area contributed by atoms with E-state index in [1.54, 1.807) is 0 Å². The van der Waals surface area contributed by atoms with Gasteiger partial charge in [0.1, 0.15) is 0 Å². The minimum absolute atomic E-state index is 0.121. The summed E-state index contributed by atoms with van der Waals surface area (Å²) < 4.78 is 1.93. The Morgan fingerprint density at radius 3 is 2.56 bits per heavy atom. The average Bonchev–Trinajstić information content (AvgIpc) is 3.00. The molecule has 2 aromatic carbocycles. The van der Waals surface area contributed by atoms with Crippen LogP contribution in [0.1, 0.15) is 31.4 Å². The average molecular weight is 450 g/mol. The molecule has 32 heavy (non-hydrogen) atoms. The van der Waals surface area contributed by atoms with Crippen molar-refractivity contribution in [1.82, 2.24) is 9.47 Å². The van der Waals surface area contributed by atoms with Crippen molar-refractivity contribution >= 4 is 39.6 Å². The maximum Gasteiger partial charge on any atom is 0.221 e. The van der Waals surface area contributed by atoms with Crippen LogP contribution in [0, 0.1) is 25.7 Å². The standard InChI is InChI=1S/C25H31N5OS/c1-16-12-17(2)14-29(13-16)15-30-22-11-6-5-9-20(22)23(24(30)31)27-28-25(32)26-21-10-7-8-18(3)19(21)4/h5-11,16-17,31H,12-15H2,1-4H3,(H,26,32)/t16-,17+. The van der Waals surface area contributed by atoms with Crippen molar-refractivity contribution in [2.75, 3.05) is 18.4 Å². The van der Waals surface area contributed by atoms with E-state index in [2.05, 4.69) is 47.3 Å². The van der Waals surface area contributed by atoms with Crippen molar-refractivity contribution < 1.29 is 5.11 Å². The first-order valence-corrected chi connectivity index (χ1v) is 11.6. The van der Waals surface area contributed by atoms with Gasteiger partial charge < -0.3 is 10.4 Å². The van der Waals surface area contributed by atoms with Crippen LogP contribution in [-0.4, -0.2) is 32.8 Å². The molecule has 0 radical (unpaired) electrons. The summed E-state index contributed by atoms with van der Waals surface area (Å²) in [5, 5.41) is 23.9. The Labute approximate surface area is 195 Å². The predicted molar refractivity (Wildman–Crippen MR) is 135 cm³/mol. The molecule has 1 fully saturated rings. The van der Waals surface area contributed by atoms with Crippen molar-refractivity contribution in [3.8, 4) is 5.88 Å². The lowest BCUT2D eigenvalue weighted by Gasteiger charge is -2.35. The molecule has 0 aliphatic carbocycles. The van der Waals surface area contributed by atoms with Gasteiger partial charge in [0.25, 0.3) is 0 Å². The van der Waals surface area contributed by atoms with E-state index in [1.165, 1.54) is 12.0 Å². The maximum atomic E-state index is 11.1. The molecular weight excluding hydrogens is 418 g/mol. The van der Waals surface area contributed by atoms with Crippen LogP contribution in [0.5, 0.6) is 5.88 Å². The number of piperidine rings is 1. The first kappa shape index (κ1) is 22.4. The van der Waals surface area contributed by atoms with Gasteiger partial charge in [0.05, 0.1) is 12.2 Å². The molecule has 0 bridgehead atoms. The number of hydrogen-bond acceptors (Lipinski definition) is 4. The zero-order valence-corrected chi connectivity index (χ0v) is 20.0. The third-order valence-electron chi connectivity index (χ3n) is 6.29. The molecule has 1 aliphatic heterocycles. The van der Waals surface area contributed by atoms with E-state index < -0.39 is 0 Å². The zero-order chi connectivity index (χ0) is 22.8. The smallest absolute Gasteiger partial charge is 0.221 e. The van der Waals surface area contributed by atoms with Crippen LogP contribution in [0.25, 0.3) is 10.9 Å². The molecule has 168 valence electrons. The van der Waals surface area contributed by atoms with E-state index in [-0.39, 0.29) is 11.0 Å². The molecular formula is C25H31N5OS. The molecule has 1 saturated heterocycles. The quantitative estimate of drug-likeness (QED) is 0.358. The molecule has 2 N–H and O–H groups in total. The summed E-state index contributed by atoms with van der Waals surface area (Å²) in [6.07, 6.45) is 1.25. The molecule has 3 aromatic rings. The topological polar surface area (TPSA) is 65.2 Å². The fourth-order valence-electron chi connectivity index (χ4n) is 4.74. The molecule has 0 spiro atoms. The fourth-order valence-corrected chi connectivity index (χ4v) is 4.89. The van der Waals surface area contributed by atoms with E-state index in [0.29, 0.717) is 24.2 Å². The molecule has 1 aromatic heterocycles. The molecule has 2 heterocycles. The number of aryl methyl sites for hydroxylation is 1. The van der Waals surface area contributed by atoms with Gasteiger partial charge >= 0.3 is 0 Å². The third-order valence-corrected chi connectivity index (χ3v) is 6.47. The molecule has 4 rings (SSSR count). The second kappa shape index (κ2) is 9.38. The summed E-state index contributed by atoms with van der Waals surface area (Å²) in [7, 11) is 0. The first-order chi connectivity index (χ1) is 15.3. The lowest BCUT2D eigenvalue weighted by molar-refractivity contribution is 0.108. The Bertz CT molecular complexity index is 1160. The first-order valence-electron chi connectivity index (χ1n) is 11.1. The second-order valence-corrected chi connectivity index (χ2v) is 9.51. The maximum absolute atomic E-state index is 11.1. The summed E-state index contributed by atoms with van der Waals surface area (Å²) in [5.41, 5.74) is 4.60. The number of likely N-dealkylation sites (tertiary alicyclic amines) is 1. The lowest BCUT2D eigenvalue weighted by Crippen LogP contribution is -2.39. The monoisotopic (exact) mass is 449 g/mol. The summed E-state index contributed by atoms with van der Waals surface area (Å²) in [4.78, 5) is 2.40. The Morgan fingerprint density at radius 2 is 1.81 bits per heavy atom. The van der Waals surface area contributed by atoms with Gasteiger partial charge in [-0.15, -0.1) is 10.2 Å². The second-order valence-electron chi connectivity index (χ2n) is 9.12. The van der Waals surface area contributed by atoms with Gasteiger partial charge in [-0.1, -0.05) is 44.2 Å². The third kappa shape index (κ3) is 4.69. The summed E-state index contributed by atoms with van der Waals surface area (Å²) in [6, 6.07) is 13.9. The van der Waals surface area contributed by atoms with Gasteiger partial charge in [-0.2, -0.15) is 0 Å². The van der Waals surface area contributed by atoms with E-state index in [4.69, 9.17) is 12.2 Å². The number of hydrogen-bond donors (Lipinski definition) is 2. The largest absolute Gasteiger partial charge is 0.493 e. The summed E-state index contributed by atoms with van der Waals surface area (Å²) >= 11 is 5.40. The van der Waals surface area contributed by atoms with Crippen LogP contribution < -0.4 is 5.32 Å². The highest BCUT2D eigenvalue weighted by atomic mass is 32.1. The van der Waals surface area contributed by atoms with Crippen molar-refractivity contribution in [1.29, 1.82) is 0 Å². The minimum atomic E-state index is 0.121. The van der Waals surface area contributed by atoms with Gasteiger partial charge in [-0.25, -0.2) is 0 Å². The van der Waals surface area contributed by atoms with Gasteiger partial charge in [-0.3, -0.25) is 9.47 Å². The fraction of sp³-hybridized carbons (Fsp3) is 0.400. The Balaban J connectivity index is 1.59. The van der Waals surface area contributed by atoms with Crippen LogP contribution in [-0.2, 0) is 6.67 Å². The van der Waals surface area contributed by atoms with Crippen molar-refractivity contribution in [3.05, 3.63) is 53.6 Å². The molecule has 2 atom stereocenters. The van der Waals surface area contributed by atoms with E-state index in [9.17, 15) is 5.11 Å². The van der Waals surface area contributed by atoms with Gasteiger partial charge in [0.2, 0.25) is 11.0 Å². The highest BCUT2D eigenvalue weighted by Crippen LogP contribution is 2.39. The molecule has 1 aliphatic rings. The highest BCUT2D eigenvalue weighted by Gasteiger charge is 2.24. The van der Waals surface area contributed by atoms with E-state index in [1.807, 2.05) is 47.9 Å². The number of thiocarbonyl (C=S) groups is 1. The Morgan fingerprint density at radius 1 is 1.09 bits per heavy atom. The van der Waals surface area contributed by atoms with Crippen LogP contribution >= 0.6 is 12.2 Å². The van der Waals surface area contributed by atoms with Gasteiger partial charge in [-0.05, 0) is 67.6 Å². The molecule has 7 heteroatoms. The molecule has 6 nitrogen and oxygen atoms in total. The number of nitrogens with zero attached hydrogens (tertiary/aromatic N) is 4.